The molecule has 2 rings (SSSR count). The Morgan fingerprint density at radius 1 is 1.04 bits per heavy atom. The first-order valence-corrected chi connectivity index (χ1v) is 7.81. The molecular weight excluding hydrogens is 337 g/mol. The highest BCUT2D eigenvalue weighted by molar-refractivity contribution is 6.35. The van der Waals surface area contributed by atoms with Crippen molar-refractivity contribution in [2.45, 2.75) is 12.8 Å². The second-order valence-electron chi connectivity index (χ2n) is 4.77. The van der Waals surface area contributed by atoms with Crippen molar-refractivity contribution in [2.75, 3.05) is 6.54 Å². The SMILES string of the molecule is O=C(CCCNC(=O)c1ccccc1)Oc1ccc(Cl)cc1Cl. The van der Waals surface area contributed by atoms with Crippen LogP contribution in [0.5, 0.6) is 5.75 Å². The third kappa shape index (κ3) is 5.58. The quantitative estimate of drug-likeness (QED) is 0.484. The maximum Gasteiger partial charge on any atom is 0.311 e. The van der Waals surface area contributed by atoms with E-state index in [9.17, 15) is 9.59 Å². The van der Waals surface area contributed by atoms with Crippen LogP contribution in [0.3, 0.4) is 0 Å². The molecule has 0 spiro atoms. The van der Waals surface area contributed by atoms with E-state index in [0.717, 1.165) is 0 Å². The van der Waals surface area contributed by atoms with E-state index in [2.05, 4.69) is 5.32 Å². The fraction of sp³-hybridized carbons (Fsp3) is 0.176. The maximum absolute atomic E-state index is 11.8. The molecule has 4 nitrogen and oxygen atoms in total. The van der Waals surface area contributed by atoms with Crippen molar-refractivity contribution in [3.63, 3.8) is 0 Å². The minimum Gasteiger partial charge on any atom is -0.425 e. The van der Waals surface area contributed by atoms with Crippen molar-refractivity contribution in [1.29, 1.82) is 0 Å². The molecule has 1 amide bonds. The number of carbonyl (C=O) groups excluding carboxylic acids is 2. The largest absolute Gasteiger partial charge is 0.425 e. The average molecular weight is 352 g/mol. The van der Waals surface area contributed by atoms with Gasteiger partial charge in [0.05, 0.1) is 5.02 Å². The molecule has 0 aliphatic heterocycles. The Labute approximate surface area is 144 Å². The molecule has 0 aliphatic rings. The molecule has 0 heterocycles. The summed E-state index contributed by atoms with van der Waals surface area (Å²) in [5.74, 6) is -0.308. The van der Waals surface area contributed by atoms with Crippen molar-refractivity contribution in [1.82, 2.24) is 5.32 Å². The highest BCUT2D eigenvalue weighted by Gasteiger charge is 2.09. The average Bonchev–Trinajstić information content (AvgIpc) is 2.55. The first-order chi connectivity index (χ1) is 11.1. The third-order valence-electron chi connectivity index (χ3n) is 3.00. The van der Waals surface area contributed by atoms with Gasteiger partial charge in [0.15, 0.2) is 0 Å². The number of rotatable bonds is 6. The molecule has 0 unspecified atom stereocenters. The molecule has 0 saturated carbocycles. The molecule has 0 atom stereocenters. The predicted octanol–water partition coefficient (Wildman–Crippen LogP) is 4.11. The number of carbonyl (C=O) groups is 2. The zero-order valence-electron chi connectivity index (χ0n) is 12.2. The number of benzene rings is 2. The second-order valence-corrected chi connectivity index (χ2v) is 5.62. The van der Waals surface area contributed by atoms with Crippen molar-refractivity contribution >= 4 is 35.1 Å². The number of esters is 1. The van der Waals surface area contributed by atoms with Crippen molar-refractivity contribution in [3.8, 4) is 5.75 Å². The molecule has 2 aromatic rings. The van der Waals surface area contributed by atoms with Gasteiger partial charge in [0.25, 0.3) is 5.91 Å². The summed E-state index contributed by atoms with van der Waals surface area (Å²) in [7, 11) is 0. The van der Waals surface area contributed by atoms with Gasteiger partial charge in [0, 0.05) is 23.6 Å². The molecular formula is C17H15Cl2NO3. The number of ether oxygens (including phenoxy) is 1. The van der Waals surface area contributed by atoms with Crippen LogP contribution in [-0.2, 0) is 4.79 Å². The molecule has 1 N–H and O–H groups in total. The molecule has 0 saturated heterocycles. The molecule has 0 bridgehead atoms. The van der Waals surface area contributed by atoms with Crippen LogP contribution < -0.4 is 10.1 Å². The number of amides is 1. The Morgan fingerprint density at radius 3 is 2.48 bits per heavy atom. The van der Waals surface area contributed by atoms with Crippen LogP contribution in [0.1, 0.15) is 23.2 Å². The van der Waals surface area contributed by atoms with E-state index in [-0.39, 0.29) is 23.1 Å². The van der Waals surface area contributed by atoms with Crippen LogP contribution in [0.15, 0.2) is 48.5 Å². The van der Waals surface area contributed by atoms with Crippen molar-refractivity contribution in [2.24, 2.45) is 0 Å². The van der Waals surface area contributed by atoms with E-state index in [1.807, 2.05) is 6.07 Å². The Hall–Kier alpha value is -2.04. The van der Waals surface area contributed by atoms with Crippen LogP contribution in [0.2, 0.25) is 10.0 Å². The maximum atomic E-state index is 11.8. The van der Waals surface area contributed by atoms with Gasteiger partial charge in [-0.2, -0.15) is 0 Å². The van der Waals surface area contributed by atoms with Crippen LogP contribution in [0, 0.1) is 0 Å². The minimum atomic E-state index is -0.414. The summed E-state index contributed by atoms with van der Waals surface area (Å²) < 4.78 is 5.15. The standard InChI is InChI=1S/C17H15Cl2NO3/c18-13-8-9-15(14(19)11-13)23-16(21)7-4-10-20-17(22)12-5-2-1-3-6-12/h1-3,5-6,8-9,11H,4,7,10H2,(H,20,22). The number of hydrogen-bond acceptors (Lipinski definition) is 3. The fourth-order valence-electron chi connectivity index (χ4n) is 1.86. The molecule has 0 radical (unpaired) electrons. The van der Waals surface area contributed by atoms with Crippen LogP contribution >= 0.6 is 23.2 Å². The highest BCUT2D eigenvalue weighted by Crippen LogP contribution is 2.27. The summed E-state index contributed by atoms with van der Waals surface area (Å²) in [6.07, 6.45) is 0.649. The number of hydrogen-bond donors (Lipinski definition) is 1. The molecule has 2 aromatic carbocycles. The molecule has 6 heteroatoms. The lowest BCUT2D eigenvalue weighted by molar-refractivity contribution is -0.134. The predicted molar refractivity (Wildman–Crippen MR) is 90.1 cm³/mol. The van der Waals surface area contributed by atoms with Crippen molar-refractivity contribution in [3.05, 3.63) is 64.1 Å². The zero-order chi connectivity index (χ0) is 16.7. The van der Waals surface area contributed by atoms with Gasteiger partial charge in [-0.1, -0.05) is 41.4 Å². The van der Waals surface area contributed by atoms with Gasteiger partial charge in [-0.25, -0.2) is 0 Å². The summed E-state index contributed by atoms with van der Waals surface area (Å²) in [6, 6.07) is 13.5. The summed E-state index contributed by atoms with van der Waals surface area (Å²) in [5.41, 5.74) is 0.586. The van der Waals surface area contributed by atoms with E-state index < -0.39 is 5.97 Å². The van der Waals surface area contributed by atoms with Gasteiger partial charge in [-0.05, 0) is 36.8 Å². The lowest BCUT2D eigenvalue weighted by Crippen LogP contribution is -2.25. The molecule has 23 heavy (non-hydrogen) atoms. The lowest BCUT2D eigenvalue weighted by Gasteiger charge is -2.07. The Bertz CT molecular complexity index is 689. The Kier molecular flexibility index (Phi) is 6.44. The third-order valence-corrected chi connectivity index (χ3v) is 3.53. The zero-order valence-corrected chi connectivity index (χ0v) is 13.7. The number of nitrogens with one attached hydrogen (secondary N) is 1. The van der Waals surface area contributed by atoms with E-state index in [0.29, 0.717) is 23.6 Å². The topological polar surface area (TPSA) is 55.4 Å². The summed E-state index contributed by atoms with van der Waals surface area (Å²) in [4.78, 5) is 23.5. The van der Waals surface area contributed by atoms with Gasteiger partial charge in [-0.3, -0.25) is 9.59 Å². The molecule has 0 aliphatic carbocycles. The smallest absolute Gasteiger partial charge is 0.311 e. The van der Waals surface area contributed by atoms with E-state index >= 15 is 0 Å². The van der Waals surface area contributed by atoms with Crippen LogP contribution in [0.25, 0.3) is 0 Å². The molecule has 0 aromatic heterocycles. The van der Waals surface area contributed by atoms with E-state index in [1.54, 1.807) is 36.4 Å². The van der Waals surface area contributed by atoms with E-state index in [4.69, 9.17) is 27.9 Å². The van der Waals surface area contributed by atoms with Crippen molar-refractivity contribution < 1.29 is 14.3 Å². The lowest BCUT2D eigenvalue weighted by atomic mass is 10.2. The Balaban J connectivity index is 1.72. The van der Waals surface area contributed by atoms with Crippen LogP contribution in [-0.4, -0.2) is 18.4 Å². The summed E-state index contributed by atoms with van der Waals surface area (Å²) in [6.45, 7) is 0.386. The van der Waals surface area contributed by atoms with Gasteiger partial charge in [0.2, 0.25) is 0 Å². The molecule has 0 fully saturated rings. The van der Waals surface area contributed by atoms with Gasteiger partial charge in [-0.15, -0.1) is 0 Å². The fourth-order valence-corrected chi connectivity index (χ4v) is 2.30. The van der Waals surface area contributed by atoms with Gasteiger partial charge in [0.1, 0.15) is 5.75 Å². The second kappa shape index (κ2) is 8.56. The molecule has 120 valence electrons. The first kappa shape index (κ1) is 17.3. The normalized spacial score (nSPS) is 10.2. The summed E-state index contributed by atoms with van der Waals surface area (Å²) in [5, 5.41) is 3.50. The monoisotopic (exact) mass is 351 g/mol. The van der Waals surface area contributed by atoms with Gasteiger partial charge >= 0.3 is 5.97 Å². The van der Waals surface area contributed by atoms with Gasteiger partial charge < -0.3 is 10.1 Å². The first-order valence-electron chi connectivity index (χ1n) is 7.05. The highest BCUT2D eigenvalue weighted by atomic mass is 35.5. The van der Waals surface area contributed by atoms with Crippen LogP contribution in [0.4, 0.5) is 0 Å². The minimum absolute atomic E-state index is 0.167. The summed E-state index contributed by atoms with van der Waals surface area (Å²) >= 11 is 11.7. The van der Waals surface area contributed by atoms with E-state index in [1.165, 1.54) is 6.07 Å². The Morgan fingerprint density at radius 2 is 1.78 bits per heavy atom. The number of halogens is 2.